The Labute approximate surface area is 123 Å². The highest BCUT2D eigenvalue weighted by Gasteiger charge is 2.20. The molecule has 6 nitrogen and oxygen atoms in total. The Morgan fingerprint density at radius 1 is 1.29 bits per heavy atom. The first-order valence-corrected chi connectivity index (χ1v) is 6.95. The Morgan fingerprint density at radius 2 is 2.00 bits per heavy atom. The van der Waals surface area contributed by atoms with Crippen molar-refractivity contribution in [3.63, 3.8) is 0 Å². The molecule has 1 amide bonds. The molecule has 0 spiro atoms. The van der Waals surface area contributed by atoms with E-state index in [2.05, 4.69) is 20.3 Å². The van der Waals surface area contributed by atoms with Crippen LogP contribution in [0.3, 0.4) is 0 Å². The number of aromatic amines is 2. The predicted octanol–water partition coefficient (Wildman–Crippen LogP) is 1.90. The molecule has 0 bridgehead atoms. The van der Waals surface area contributed by atoms with Crippen LogP contribution < -0.4 is 10.9 Å². The van der Waals surface area contributed by atoms with Gasteiger partial charge in [0.2, 0.25) is 0 Å². The molecule has 0 fully saturated rings. The minimum atomic E-state index is -0.380. The van der Waals surface area contributed by atoms with Crippen LogP contribution in [0.25, 0.3) is 0 Å². The van der Waals surface area contributed by atoms with Crippen molar-refractivity contribution in [3.05, 3.63) is 51.0 Å². The lowest BCUT2D eigenvalue weighted by atomic mass is 10.1. The molecule has 2 aromatic heterocycles. The molecule has 2 aromatic rings. The van der Waals surface area contributed by atoms with Crippen molar-refractivity contribution in [1.29, 1.82) is 0 Å². The van der Waals surface area contributed by atoms with E-state index < -0.39 is 0 Å². The number of carbonyl (C=O) groups is 1. The van der Waals surface area contributed by atoms with Crippen LogP contribution in [-0.4, -0.2) is 20.9 Å². The van der Waals surface area contributed by atoms with Crippen LogP contribution in [0.1, 0.15) is 52.5 Å². The zero-order chi connectivity index (χ0) is 15.6. The monoisotopic (exact) mass is 288 g/mol. The van der Waals surface area contributed by atoms with Crippen molar-refractivity contribution in [1.82, 2.24) is 20.3 Å². The molecule has 0 saturated heterocycles. The highest BCUT2D eigenvalue weighted by Crippen LogP contribution is 2.14. The molecule has 0 aliphatic rings. The number of carbonyl (C=O) groups excluding carboxylic acids is 1. The third-order valence-corrected chi connectivity index (χ3v) is 3.36. The van der Waals surface area contributed by atoms with Crippen LogP contribution in [0, 0.1) is 20.8 Å². The molecule has 1 unspecified atom stereocenters. The van der Waals surface area contributed by atoms with Crippen LogP contribution in [0.2, 0.25) is 0 Å². The van der Waals surface area contributed by atoms with E-state index in [0.717, 1.165) is 11.4 Å². The van der Waals surface area contributed by atoms with Gasteiger partial charge in [0.15, 0.2) is 0 Å². The Balaban J connectivity index is 2.27. The maximum Gasteiger partial charge on any atom is 0.261 e. The van der Waals surface area contributed by atoms with Gasteiger partial charge in [0.1, 0.15) is 11.4 Å². The summed E-state index contributed by atoms with van der Waals surface area (Å²) in [5.74, 6) is 0.319. The zero-order valence-corrected chi connectivity index (χ0v) is 12.7. The summed E-state index contributed by atoms with van der Waals surface area (Å²) in [5.41, 5.74) is 2.13. The number of hydrogen-bond donors (Lipinski definition) is 3. The van der Waals surface area contributed by atoms with E-state index in [4.69, 9.17) is 0 Å². The lowest BCUT2D eigenvalue weighted by molar-refractivity contribution is 0.0931. The van der Waals surface area contributed by atoms with E-state index in [9.17, 15) is 9.59 Å². The van der Waals surface area contributed by atoms with Gasteiger partial charge >= 0.3 is 0 Å². The van der Waals surface area contributed by atoms with E-state index in [0.29, 0.717) is 17.8 Å². The summed E-state index contributed by atoms with van der Waals surface area (Å²) < 4.78 is 0. The maximum absolute atomic E-state index is 12.4. The third-order valence-electron chi connectivity index (χ3n) is 3.36. The highest BCUT2D eigenvalue weighted by atomic mass is 16.2. The fraction of sp³-hybridized carbons (Fsp3) is 0.400. The standard InChI is InChI=1S/C15H20N4O2/c1-5-11(13-16-7-10(4)17-13)19-15(21)12-8(2)6-9(3)18-14(12)20/h6-7,11H,5H2,1-4H3,(H,16,17)(H,18,20)(H,19,21). The summed E-state index contributed by atoms with van der Waals surface area (Å²) >= 11 is 0. The summed E-state index contributed by atoms with van der Waals surface area (Å²) in [7, 11) is 0. The number of pyridine rings is 1. The highest BCUT2D eigenvalue weighted by molar-refractivity contribution is 5.95. The Morgan fingerprint density at radius 3 is 2.52 bits per heavy atom. The summed E-state index contributed by atoms with van der Waals surface area (Å²) in [6, 6.07) is 1.54. The first-order valence-electron chi connectivity index (χ1n) is 6.95. The molecule has 0 saturated carbocycles. The lowest BCUT2D eigenvalue weighted by Gasteiger charge is -2.15. The van der Waals surface area contributed by atoms with E-state index in [1.165, 1.54) is 0 Å². The number of amides is 1. The Hall–Kier alpha value is -2.37. The number of aryl methyl sites for hydroxylation is 3. The van der Waals surface area contributed by atoms with Gasteiger partial charge in [0.05, 0.1) is 6.04 Å². The van der Waals surface area contributed by atoms with Crippen LogP contribution in [-0.2, 0) is 0 Å². The lowest BCUT2D eigenvalue weighted by Crippen LogP contribution is -2.34. The third kappa shape index (κ3) is 3.21. The normalized spacial score (nSPS) is 12.2. The zero-order valence-electron chi connectivity index (χ0n) is 12.7. The molecule has 2 heterocycles. The predicted molar refractivity (Wildman–Crippen MR) is 80.4 cm³/mol. The van der Waals surface area contributed by atoms with Gasteiger partial charge in [-0.25, -0.2) is 4.98 Å². The van der Waals surface area contributed by atoms with Gasteiger partial charge in [-0.15, -0.1) is 0 Å². The maximum atomic E-state index is 12.4. The topological polar surface area (TPSA) is 90.6 Å². The van der Waals surface area contributed by atoms with E-state index in [-0.39, 0.29) is 23.1 Å². The minimum absolute atomic E-state index is 0.155. The number of nitrogens with zero attached hydrogens (tertiary/aromatic N) is 1. The second-order valence-corrected chi connectivity index (χ2v) is 5.23. The summed E-state index contributed by atoms with van der Waals surface area (Å²) in [6.45, 7) is 7.40. The fourth-order valence-electron chi connectivity index (χ4n) is 2.34. The molecule has 0 aromatic carbocycles. The number of aromatic nitrogens is 3. The van der Waals surface area contributed by atoms with Gasteiger partial charge in [0.25, 0.3) is 11.5 Å². The van der Waals surface area contributed by atoms with Crippen molar-refractivity contribution >= 4 is 5.91 Å². The fourth-order valence-corrected chi connectivity index (χ4v) is 2.34. The van der Waals surface area contributed by atoms with Crippen molar-refractivity contribution < 1.29 is 4.79 Å². The molecule has 21 heavy (non-hydrogen) atoms. The number of nitrogens with one attached hydrogen (secondary N) is 3. The van der Waals surface area contributed by atoms with Gasteiger partial charge in [-0.2, -0.15) is 0 Å². The molecule has 112 valence electrons. The number of H-pyrrole nitrogens is 2. The SMILES string of the molecule is CCC(NC(=O)c1c(C)cc(C)[nH]c1=O)c1ncc(C)[nH]1. The minimum Gasteiger partial charge on any atom is -0.344 e. The Bertz CT molecular complexity index is 715. The molecule has 1 atom stereocenters. The van der Waals surface area contributed by atoms with Crippen molar-refractivity contribution in [2.24, 2.45) is 0 Å². The first-order chi connectivity index (χ1) is 9.92. The van der Waals surface area contributed by atoms with Crippen LogP contribution in [0.4, 0.5) is 0 Å². The first kappa shape index (κ1) is 15.0. The van der Waals surface area contributed by atoms with E-state index in [1.807, 2.05) is 13.8 Å². The van der Waals surface area contributed by atoms with Crippen LogP contribution in [0.5, 0.6) is 0 Å². The number of imidazole rings is 1. The quantitative estimate of drug-likeness (QED) is 0.802. The Kier molecular flexibility index (Phi) is 4.26. The van der Waals surface area contributed by atoms with Crippen molar-refractivity contribution in [2.75, 3.05) is 0 Å². The van der Waals surface area contributed by atoms with Crippen LogP contribution in [0.15, 0.2) is 17.1 Å². The van der Waals surface area contributed by atoms with E-state index >= 15 is 0 Å². The molecular weight excluding hydrogens is 268 g/mol. The average molecular weight is 288 g/mol. The summed E-state index contributed by atoms with van der Waals surface area (Å²) in [5, 5.41) is 2.86. The second-order valence-electron chi connectivity index (χ2n) is 5.23. The van der Waals surface area contributed by atoms with Gasteiger partial charge in [-0.3, -0.25) is 9.59 Å². The molecule has 0 aliphatic heterocycles. The van der Waals surface area contributed by atoms with E-state index in [1.54, 1.807) is 26.1 Å². The molecular formula is C15H20N4O2. The van der Waals surface area contributed by atoms with Crippen molar-refractivity contribution in [2.45, 2.75) is 40.2 Å². The summed E-state index contributed by atoms with van der Waals surface area (Å²) in [6.07, 6.45) is 2.40. The second kappa shape index (κ2) is 5.95. The smallest absolute Gasteiger partial charge is 0.261 e. The number of hydrogen-bond acceptors (Lipinski definition) is 3. The molecule has 0 aliphatic carbocycles. The molecule has 3 N–H and O–H groups in total. The van der Waals surface area contributed by atoms with Gasteiger partial charge in [0, 0.05) is 17.6 Å². The molecule has 2 rings (SSSR count). The van der Waals surface area contributed by atoms with Crippen LogP contribution >= 0.6 is 0 Å². The number of rotatable bonds is 4. The summed E-state index contributed by atoms with van der Waals surface area (Å²) in [4.78, 5) is 34.3. The van der Waals surface area contributed by atoms with Crippen molar-refractivity contribution in [3.8, 4) is 0 Å². The average Bonchev–Trinajstić information content (AvgIpc) is 2.81. The van der Waals surface area contributed by atoms with Gasteiger partial charge < -0.3 is 15.3 Å². The van der Waals surface area contributed by atoms with Gasteiger partial charge in [-0.05, 0) is 38.8 Å². The van der Waals surface area contributed by atoms with Gasteiger partial charge in [-0.1, -0.05) is 6.92 Å². The molecule has 6 heteroatoms. The largest absolute Gasteiger partial charge is 0.344 e. The molecule has 0 radical (unpaired) electrons.